The van der Waals surface area contributed by atoms with Gasteiger partial charge in [0, 0.05) is 9.80 Å². The molecule has 1 unspecified atom stereocenters. The highest BCUT2D eigenvalue weighted by atomic mass is 32.2. The Hall–Kier alpha value is -3.03. The molecular formula is C30H24S. The second-order valence-corrected chi connectivity index (χ2v) is 9.46. The SMILES string of the molecule is C=CC1=C(/C=C\C)c2c(ccc3ccccc23)C12C1=C(C=CCC1)Sc1ccccc12. The lowest BCUT2D eigenvalue weighted by Gasteiger charge is -2.42. The second kappa shape index (κ2) is 7.00. The van der Waals surface area contributed by atoms with Gasteiger partial charge in [-0.3, -0.25) is 0 Å². The molecule has 1 heteroatoms. The van der Waals surface area contributed by atoms with Gasteiger partial charge in [0.05, 0.1) is 5.41 Å². The lowest BCUT2D eigenvalue weighted by Crippen LogP contribution is -2.34. The maximum absolute atomic E-state index is 4.36. The molecule has 1 heterocycles. The van der Waals surface area contributed by atoms with Crippen molar-refractivity contribution in [1.82, 2.24) is 0 Å². The molecule has 3 aromatic rings. The molecule has 1 aliphatic heterocycles. The first-order chi connectivity index (χ1) is 15.3. The minimum Gasteiger partial charge on any atom is -0.0987 e. The van der Waals surface area contributed by atoms with Crippen LogP contribution in [-0.4, -0.2) is 0 Å². The Balaban J connectivity index is 1.85. The van der Waals surface area contributed by atoms with Crippen LogP contribution in [0.5, 0.6) is 0 Å². The van der Waals surface area contributed by atoms with Crippen molar-refractivity contribution in [3.8, 4) is 0 Å². The van der Waals surface area contributed by atoms with Crippen molar-refractivity contribution in [2.24, 2.45) is 0 Å². The van der Waals surface area contributed by atoms with Crippen LogP contribution in [0.4, 0.5) is 0 Å². The van der Waals surface area contributed by atoms with Gasteiger partial charge in [-0.1, -0.05) is 103 Å². The molecule has 0 N–H and O–H groups in total. The molecule has 0 saturated heterocycles. The van der Waals surface area contributed by atoms with Gasteiger partial charge in [-0.2, -0.15) is 0 Å². The number of hydrogen-bond acceptors (Lipinski definition) is 1. The zero-order valence-electron chi connectivity index (χ0n) is 17.7. The van der Waals surface area contributed by atoms with E-state index in [0.29, 0.717) is 0 Å². The first-order valence-corrected chi connectivity index (χ1v) is 11.8. The van der Waals surface area contributed by atoms with Crippen molar-refractivity contribution < 1.29 is 0 Å². The Morgan fingerprint density at radius 1 is 0.968 bits per heavy atom. The number of fused-ring (bicyclic) bond motifs is 7. The predicted octanol–water partition coefficient (Wildman–Crippen LogP) is 8.37. The lowest BCUT2D eigenvalue weighted by atomic mass is 9.64. The number of rotatable bonds is 2. The van der Waals surface area contributed by atoms with Gasteiger partial charge in [0.25, 0.3) is 0 Å². The maximum Gasteiger partial charge on any atom is 0.0698 e. The van der Waals surface area contributed by atoms with Crippen LogP contribution in [0.1, 0.15) is 36.5 Å². The third-order valence-corrected chi connectivity index (χ3v) is 8.10. The highest BCUT2D eigenvalue weighted by molar-refractivity contribution is 8.03. The van der Waals surface area contributed by atoms with E-state index < -0.39 is 0 Å². The molecular weight excluding hydrogens is 392 g/mol. The van der Waals surface area contributed by atoms with Gasteiger partial charge in [-0.15, -0.1) is 0 Å². The van der Waals surface area contributed by atoms with Gasteiger partial charge >= 0.3 is 0 Å². The van der Waals surface area contributed by atoms with Crippen molar-refractivity contribution in [2.75, 3.05) is 0 Å². The summed E-state index contributed by atoms with van der Waals surface area (Å²) in [5, 5.41) is 2.62. The maximum atomic E-state index is 4.36. The number of thioether (sulfide) groups is 1. The van der Waals surface area contributed by atoms with Crippen LogP contribution in [0.2, 0.25) is 0 Å². The standard InChI is InChI=1S/C30H24S/c1-3-11-22-23(4-2)30(26-19-18-20-12-5-6-13-21(20)29(22)26)24-14-7-9-16-27(24)31-28-17-10-8-15-25(28)30/h3-7,9-14,16-19H,2,8,15H2,1H3/b11-3-. The quantitative estimate of drug-likeness (QED) is 0.404. The number of hydrogen-bond donors (Lipinski definition) is 0. The molecule has 0 nitrogen and oxygen atoms in total. The summed E-state index contributed by atoms with van der Waals surface area (Å²) in [7, 11) is 0. The summed E-state index contributed by atoms with van der Waals surface area (Å²) in [5.41, 5.74) is 8.08. The Morgan fingerprint density at radius 3 is 2.68 bits per heavy atom. The smallest absolute Gasteiger partial charge is 0.0698 e. The van der Waals surface area contributed by atoms with E-state index in [0.717, 1.165) is 12.8 Å². The Morgan fingerprint density at radius 2 is 1.81 bits per heavy atom. The van der Waals surface area contributed by atoms with Gasteiger partial charge in [0.15, 0.2) is 0 Å². The van der Waals surface area contributed by atoms with E-state index in [2.05, 4.69) is 105 Å². The zero-order chi connectivity index (χ0) is 21.0. The zero-order valence-corrected chi connectivity index (χ0v) is 18.5. The summed E-state index contributed by atoms with van der Waals surface area (Å²) in [4.78, 5) is 2.76. The topological polar surface area (TPSA) is 0 Å². The van der Waals surface area contributed by atoms with E-state index in [4.69, 9.17) is 0 Å². The van der Waals surface area contributed by atoms with Gasteiger partial charge in [0.2, 0.25) is 0 Å². The summed E-state index contributed by atoms with van der Waals surface area (Å²) in [6.45, 7) is 6.47. The summed E-state index contributed by atoms with van der Waals surface area (Å²) in [5.74, 6) is 0. The van der Waals surface area contributed by atoms with E-state index in [1.807, 2.05) is 11.8 Å². The van der Waals surface area contributed by atoms with Crippen molar-refractivity contribution in [3.05, 3.63) is 130 Å². The Bertz CT molecular complexity index is 1380. The summed E-state index contributed by atoms with van der Waals surface area (Å²) < 4.78 is 0. The number of allylic oxidation sites excluding steroid dienone is 8. The average molecular weight is 417 g/mol. The molecule has 0 bridgehead atoms. The average Bonchev–Trinajstić information content (AvgIpc) is 3.10. The lowest BCUT2D eigenvalue weighted by molar-refractivity contribution is 0.669. The van der Waals surface area contributed by atoms with Gasteiger partial charge < -0.3 is 0 Å². The van der Waals surface area contributed by atoms with Crippen molar-refractivity contribution in [1.29, 1.82) is 0 Å². The monoisotopic (exact) mass is 416 g/mol. The molecule has 0 aromatic heterocycles. The molecule has 3 aliphatic rings. The van der Waals surface area contributed by atoms with Crippen LogP contribution in [-0.2, 0) is 5.41 Å². The summed E-state index contributed by atoms with van der Waals surface area (Å²) >= 11 is 1.93. The van der Waals surface area contributed by atoms with E-state index in [1.54, 1.807) is 0 Å². The second-order valence-electron chi connectivity index (χ2n) is 8.37. The molecule has 0 fully saturated rings. The van der Waals surface area contributed by atoms with Crippen molar-refractivity contribution in [2.45, 2.75) is 30.1 Å². The van der Waals surface area contributed by atoms with Gasteiger partial charge in [0.1, 0.15) is 0 Å². The van der Waals surface area contributed by atoms with E-state index in [9.17, 15) is 0 Å². The van der Waals surface area contributed by atoms with Crippen LogP contribution < -0.4 is 0 Å². The van der Waals surface area contributed by atoms with Crippen molar-refractivity contribution in [3.63, 3.8) is 0 Å². The summed E-state index contributed by atoms with van der Waals surface area (Å²) in [6, 6.07) is 22.5. The minimum atomic E-state index is -0.266. The van der Waals surface area contributed by atoms with Crippen LogP contribution in [0.3, 0.4) is 0 Å². The third-order valence-electron chi connectivity index (χ3n) is 6.93. The third kappa shape index (κ3) is 2.38. The fourth-order valence-corrected chi connectivity index (χ4v) is 7.09. The molecule has 6 rings (SSSR count). The highest BCUT2D eigenvalue weighted by Crippen LogP contribution is 2.63. The van der Waals surface area contributed by atoms with Crippen molar-refractivity contribution >= 4 is 28.1 Å². The molecule has 2 aliphatic carbocycles. The first-order valence-electron chi connectivity index (χ1n) is 11.0. The summed E-state index contributed by atoms with van der Waals surface area (Å²) in [6.07, 6.45) is 13.4. The highest BCUT2D eigenvalue weighted by Gasteiger charge is 2.51. The molecule has 0 saturated carbocycles. The fourth-order valence-electron chi connectivity index (χ4n) is 5.83. The molecule has 3 aromatic carbocycles. The van der Waals surface area contributed by atoms with E-state index in [-0.39, 0.29) is 5.41 Å². The van der Waals surface area contributed by atoms with E-state index >= 15 is 0 Å². The Kier molecular flexibility index (Phi) is 4.23. The largest absolute Gasteiger partial charge is 0.0987 e. The van der Waals surface area contributed by atoms with E-state index in [1.165, 1.54) is 54.0 Å². The number of benzene rings is 3. The van der Waals surface area contributed by atoms with Crippen LogP contribution >= 0.6 is 11.8 Å². The van der Waals surface area contributed by atoms with Crippen LogP contribution in [0.25, 0.3) is 16.3 Å². The molecule has 0 amide bonds. The predicted molar refractivity (Wildman–Crippen MR) is 134 cm³/mol. The van der Waals surface area contributed by atoms with Gasteiger partial charge in [-0.25, -0.2) is 0 Å². The fraction of sp³-hybridized carbons (Fsp3) is 0.133. The molecule has 31 heavy (non-hydrogen) atoms. The van der Waals surface area contributed by atoms with Crippen LogP contribution in [0, 0.1) is 0 Å². The molecule has 1 atom stereocenters. The van der Waals surface area contributed by atoms with Gasteiger partial charge in [-0.05, 0) is 70.0 Å². The normalized spacial score (nSPS) is 21.7. The van der Waals surface area contributed by atoms with Crippen LogP contribution in [0.15, 0.2) is 119 Å². The molecule has 1 spiro atoms. The molecule has 0 radical (unpaired) electrons. The minimum absolute atomic E-state index is 0.266. The first kappa shape index (κ1) is 18.7. The molecule has 150 valence electrons. The Labute approximate surface area is 188 Å².